The molecule has 374 valence electrons. The minimum Gasteiger partial charge on any atom is -0.207 e. The van der Waals surface area contributed by atoms with Gasteiger partial charge in [0.25, 0.3) is 0 Å². The van der Waals surface area contributed by atoms with E-state index in [1.165, 1.54) is 87.7 Å². The molecule has 0 heterocycles. The smallest absolute Gasteiger partial charge is 0.126 e. The number of benzene rings is 6. The second-order valence-electron chi connectivity index (χ2n) is 21.6. The fraction of sp³-hybridized carbons (Fsp3) is 0.463. The number of hydrogen-bond acceptors (Lipinski definition) is 0. The summed E-state index contributed by atoms with van der Waals surface area (Å²) in [5.41, 5.74) is 16.1. The highest BCUT2D eigenvalue weighted by atomic mass is 19.1. The monoisotopic (exact) mass is 923 g/mol. The zero-order chi connectivity index (χ0) is 50.5. The Morgan fingerprint density at radius 1 is 0.279 bits per heavy atom. The van der Waals surface area contributed by atoms with Gasteiger partial charge in [-0.15, -0.1) is 0 Å². The van der Waals surface area contributed by atoms with E-state index in [0.717, 1.165) is 47.1 Å². The first kappa shape index (κ1) is 63.2. The summed E-state index contributed by atoms with van der Waals surface area (Å²) in [5.74, 6) is 4.24. The van der Waals surface area contributed by atoms with Gasteiger partial charge in [-0.25, -0.2) is 4.39 Å². The van der Waals surface area contributed by atoms with E-state index < -0.39 is 0 Å². The Balaban J connectivity index is 0.000000790. The van der Waals surface area contributed by atoms with E-state index in [1.54, 1.807) is 12.1 Å². The Kier molecular flexibility index (Phi) is 32.9. The van der Waals surface area contributed by atoms with Gasteiger partial charge in [0.05, 0.1) is 0 Å². The molecular formula is C67H99F. The van der Waals surface area contributed by atoms with Crippen molar-refractivity contribution < 1.29 is 4.39 Å². The fourth-order valence-electron chi connectivity index (χ4n) is 7.85. The lowest BCUT2D eigenvalue weighted by Gasteiger charge is -2.06. The summed E-state index contributed by atoms with van der Waals surface area (Å²) in [7, 11) is 0. The van der Waals surface area contributed by atoms with Gasteiger partial charge >= 0.3 is 0 Å². The first-order valence-electron chi connectivity index (χ1n) is 25.5. The number of halogens is 1. The third kappa shape index (κ3) is 32.9. The largest absolute Gasteiger partial charge is 0.207 e. The van der Waals surface area contributed by atoms with E-state index in [1.807, 2.05) is 13.0 Å². The van der Waals surface area contributed by atoms with Gasteiger partial charge in [0.15, 0.2) is 0 Å². The average Bonchev–Trinajstić information content (AvgIpc) is 3.19. The summed E-state index contributed by atoms with van der Waals surface area (Å²) in [6.45, 7) is 39.4. The van der Waals surface area contributed by atoms with E-state index in [9.17, 15) is 4.39 Å². The Morgan fingerprint density at radius 2 is 0.485 bits per heavy atom. The van der Waals surface area contributed by atoms with Crippen LogP contribution in [0.15, 0.2) is 140 Å². The molecule has 0 saturated carbocycles. The summed E-state index contributed by atoms with van der Waals surface area (Å²) in [6.07, 6.45) is 6.81. The van der Waals surface area contributed by atoms with Crippen molar-refractivity contribution in [2.75, 3.05) is 0 Å². The highest BCUT2D eigenvalue weighted by molar-refractivity contribution is 5.26. The van der Waals surface area contributed by atoms with Crippen LogP contribution in [0.2, 0.25) is 0 Å². The minimum atomic E-state index is -0.0747. The summed E-state index contributed by atoms with van der Waals surface area (Å²) < 4.78 is 13.1. The average molecular weight is 924 g/mol. The van der Waals surface area contributed by atoms with Crippen LogP contribution in [0, 0.1) is 82.9 Å². The van der Waals surface area contributed by atoms with E-state index in [-0.39, 0.29) is 13.2 Å². The normalized spacial score (nSPS) is 10.4. The van der Waals surface area contributed by atoms with E-state index >= 15 is 0 Å². The molecule has 0 spiro atoms. The first-order valence-corrected chi connectivity index (χ1v) is 25.5. The van der Waals surface area contributed by atoms with Crippen LogP contribution in [0.25, 0.3) is 0 Å². The van der Waals surface area contributed by atoms with E-state index in [0.29, 0.717) is 5.92 Å². The maximum absolute atomic E-state index is 13.1. The molecule has 0 aliphatic rings. The Hall–Kier alpha value is -4.75. The molecule has 0 aromatic heterocycles. The van der Waals surface area contributed by atoms with Gasteiger partial charge in [0.2, 0.25) is 0 Å². The number of rotatable bonds is 12. The molecule has 0 unspecified atom stereocenters. The molecule has 0 N–H and O–H groups in total. The molecule has 0 saturated heterocycles. The van der Waals surface area contributed by atoms with Gasteiger partial charge in [-0.2, -0.15) is 0 Å². The van der Waals surface area contributed by atoms with Crippen molar-refractivity contribution in [2.24, 2.45) is 35.5 Å². The molecule has 0 nitrogen and oxygen atoms in total. The molecule has 1 heteroatoms. The predicted molar refractivity (Wildman–Crippen MR) is 305 cm³/mol. The molecule has 6 aromatic rings. The lowest BCUT2D eigenvalue weighted by molar-refractivity contribution is 0.573. The van der Waals surface area contributed by atoms with Crippen LogP contribution in [0.3, 0.4) is 0 Å². The molecule has 6 rings (SSSR count). The zero-order valence-electron chi connectivity index (χ0n) is 45.9. The second kappa shape index (κ2) is 35.4. The Labute approximate surface area is 420 Å². The van der Waals surface area contributed by atoms with Crippen LogP contribution < -0.4 is 0 Å². The lowest BCUT2D eigenvalue weighted by Crippen LogP contribution is -1.97. The molecule has 0 amide bonds. The van der Waals surface area contributed by atoms with E-state index in [2.05, 4.69) is 239 Å². The van der Waals surface area contributed by atoms with Crippen LogP contribution in [-0.4, -0.2) is 0 Å². The topological polar surface area (TPSA) is 0 Å². The SMILES string of the molecule is C.Cc1ccc(F)c(CC(C)C)c1.Cc1cccc(CC(C)C)c1.Cc1cccc(CC(C)C)c1.Cc1cccc(CC(C)C)c1.Cc1cccc(CC(C)C)c1.Cc1cccc(CC(C)C)c1. The molecule has 0 atom stereocenters. The predicted octanol–water partition coefficient (Wildman–Crippen LogP) is 19.9. The molecular weight excluding hydrogens is 824 g/mol. The van der Waals surface area contributed by atoms with Gasteiger partial charge in [-0.1, -0.05) is 257 Å². The Bertz CT molecular complexity index is 1900. The van der Waals surface area contributed by atoms with Gasteiger partial charge in [0.1, 0.15) is 5.82 Å². The second-order valence-corrected chi connectivity index (χ2v) is 21.6. The van der Waals surface area contributed by atoms with Crippen LogP contribution >= 0.6 is 0 Å². The van der Waals surface area contributed by atoms with Crippen molar-refractivity contribution in [3.05, 3.63) is 212 Å². The van der Waals surface area contributed by atoms with Crippen molar-refractivity contribution in [1.29, 1.82) is 0 Å². The van der Waals surface area contributed by atoms with E-state index in [4.69, 9.17) is 0 Å². The van der Waals surface area contributed by atoms with Gasteiger partial charge < -0.3 is 0 Å². The van der Waals surface area contributed by atoms with Crippen LogP contribution in [0.5, 0.6) is 0 Å². The summed E-state index contributed by atoms with van der Waals surface area (Å²) in [6, 6.07) is 49.0. The van der Waals surface area contributed by atoms with Crippen molar-refractivity contribution in [3.63, 3.8) is 0 Å². The van der Waals surface area contributed by atoms with Crippen molar-refractivity contribution in [1.82, 2.24) is 0 Å². The highest BCUT2D eigenvalue weighted by Gasteiger charge is 2.04. The molecule has 68 heavy (non-hydrogen) atoms. The molecule has 0 aliphatic heterocycles. The maximum atomic E-state index is 13.1. The lowest BCUT2D eigenvalue weighted by atomic mass is 10.0. The highest BCUT2D eigenvalue weighted by Crippen LogP contribution is 2.16. The van der Waals surface area contributed by atoms with Gasteiger partial charge in [0, 0.05) is 0 Å². The fourth-order valence-corrected chi connectivity index (χ4v) is 7.85. The van der Waals surface area contributed by atoms with Crippen LogP contribution in [0.4, 0.5) is 4.39 Å². The summed E-state index contributed by atoms with van der Waals surface area (Å²) >= 11 is 0. The first-order chi connectivity index (χ1) is 31.5. The van der Waals surface area contributed by atoms with Crippen LogP contribution in [-0.2, 0) is 38.5 Å². The summed E-state index contributed by atoms with van der Waals surface area (Å²) in [5, 5.41) is 0. The standard InChI is InChI=1S/C11H15F.5C11H16.CH4/c1-8(2)6-10-7-9(3)4-5-11(10)12;5*1-9(2)7-11-6-4-5-10(3)8-11;/h4-5,7-8H,6H2,1-3H3;5*4-6,8-9H,7H2,1-3H3;1H4. The number of aryl methyl sites for hydroxylation is 6. The molecule has 0 radical (unpaired) electrons. The van der Waals surface area contributed by atoms with Crippen molar-refractivity contribution in [2.45, 2.75) is 171 Å². The van der Waals surface area contributed by atoms with Crippen molar-refractivity contribution >= 4 is 0 Å². The minimum absolute atomic E-state index is 0. The summed E-state index contributed by atoms with van der Waals surface area (Å²) in [4.78, 5) is 0. The Morgan fingerprint density at radius 3 is 0.676 bits per heavy atom. The van der Waals surface area contributed by atoms with Crippen molar-refractivity contribution in [3.8, 4) is 0 Å². The third-order valence-corrected chi connectivity index (χ3v) is 10.5. The zero-order valence-corrected chi connectivity index (χ0v) is 45.9. The molecule has 0 bridgehead atoms. The quantitative estimate of drug-likeness (QED) is 0.115. The van der Waals surface area contributed by atoms with Gasteiger partial charge in [-0.3, -0.25) is 0 Å². The van der Waals surface area contributed by atoms with Gasteiger partial charge in [-0.05, 0) is 155 Å². The molecule has 0 fully saturated rings. The molecule has 6 aromatic carbocycles. The third-order valence-electron chi connectivity index (χ3n) is 10.5. The van der Waals surface area contributed by atoms with Crippen LogP contribution in [0.1, 0.15) is 157 Å². The molecule has 0 aliphatic carbocycles. The maximum Gasteiger partial charge on any atom is 0.126 e. The number of hydrogen-bond donors (Lipinski definition) is 0.